The number of rotatable bonds is 4. The summed E-state index contributed by atoms with van der Waals surface area (Å²) in [7, 11) is 0. The van der Waals surface area contributed by atoms with E-state index in [-0.39, 0.29) is 5.91 Å². The van der Waals surface area contributed by atoms with Gasteiger partial charge in [0.25, 0.3) is 5.91 Å². The van der Waals surface area contributed by atoms with Crippen molar-refractivity contribution in [2.24, 2.45) is 0 Å². The van der Waals surface area contributed by atoms with Gasteiger partial charge in [0.15, 0.2) is 0 Å². The Labute approximate surface area is 135 Å². The zero-order valence-electron chi connectivity index (χ0n) is 13.0. The first-order chi connectivity index (χ1) is 10.6. The largest absolute Gasteiger partial charge is 0.308 e. The van der Waals surface area contributed by atoms with E-state index in [1.165, 1.54) is 5.56 Å². The van der Waals surface area contributed by atoms with Gasteiger partial charge in [-0.25, -0.2) is 0 Å². The molecule has 0 unspecified atom stereocenters. The summed E-state index contributed by atoms with van der Waals surface area (Å²) in [4.78, 5) is 14.7. The first-order valence-electron chi connectivity index (χ1n) is 7.76. The van der Waals surface area contributed by atoms with Crippen molar-refractivity contribution in [2.75, 3.05) is 11.4 Å². The predicted octanol–water partition coefficient (Wildman–Crippen LogP) is 3.85. The molecule has 0 fully saturated rings. The summed E-state index contributed by atoms with van der Waals surface area (Å²) in [6, 6.07) is 8.03. The summed E-state index contributed by atoms with van der Waals surface area (Å²) in [6.07, 6.45) is 2.96. The third-order valence-corrected chi connectivity index (χ3v) is 4.52. The van der Waals surface area contributed by atoms with Crippen molar-refractivity contribution in [2.45, 2.75) is 39.7 Å². The molecule has 0 bridgehead atoms. The van der Waals surface area contributed by atoms with E-state index in [1.807, 2.05) is 30.0 Å². The molecule has 0 N–H and O–H groups in total. The number of aromatic nitrogens is 2. The zero-order valence-corrected chi connectivity index (χ0v) is 13.7. The van der Waals surface area contributed by atoms with Gasteiger partial charge in [0.1, 0.15) is 5.15 Å². The first kappa shape index (κ1) is 15.1. The molecule has 22 heavy (non-hydrogen) atoms. The third kappa shape index (κ3) is 2.52. The van der Waals surface area contributed by atoms with Gasteiger partial charge in [0.2, 0.25) is 0 Å². The molecule has 1 aromatic heterocycles. The molecule has 0 radical (unpaired) electrons. The number of hydrogen-bond acceptors (Lipinski definition) is 2. The molecular formula is C17H20ClN3O. The summed E-state index contributed by atoms with van der Waals surface area (Å²) in [5, 5.41) is 4.89. The Kier molecular flexibility index (Phi) is 4.21. The third-order valence-electron chi connectivity index (χ3n) is 4.14. The van der Waals surface area contributed by atoms with E-state index in [0.717, 1.165) is 31.5 Å². The highest BCUT2D eigenvalue weighted by Gasteiger charge is 2.29. The normalized spacial score (nSPS) is 13.5. The van der Waals surface area contributed by atoms with Gasteiger partial charge < -0.3 is 4.90 Å². The second-order valence-corrected chi connectivity index (χ2v) is 6.02. The molecule has 1 aliphatic heterocycles. The van der Waals surface area contributed by atoms with Gasteiger partial charge in [-0.3, -0.25) is 9.48 Å². The Hall–Kier alpha value is -1.81. The van der Waals surface area contributed by atoms with E-state index in [0.29, 0.717) is 23.0 Å². The molecule has 0 aliphatic carbocycles. The van der Waals surface area contributed by atoms with Crippen molar-refractivity contribution in [1.29, 1.82) is 0 Å². The number of benzene rings is 1. The van der Waals surface area contributed by atoms with E-state index in [2.05, 4.69) is 18.1 Å². The van der Waals surface area contributed by atoms with Crippen LogP contribution in [0.2, 0.25) is 5.15 Å². The number of anilines is 1. The number of hydrogen-bond donors (Lipinski definition) is 0. The van der Waals surface area contributed by atoms with Gasteiger partial charge >= 0.3 is 0 Å². The molecule has 2 heterocycles. The minimum atomic E-state index is -0.0461. The number of unbranched alkanes of at least 4 members (excludes halogenated alkanes) is 1. The maximum Gasteiger partial charge on any atom is 0.263 e. The molecule has 3 rings (SSSR count). The number of aryl methyl sites for hydroxylation is 2. The lowest BCUT2D eigenvalue weighted by Crippen LogP contribution is -2.29. The highest BCUT2D eigenvalue weighted by atomic mass is 35.5. The van der Waals surface area contributed by atoms with Gasteiger partial charge in [0, 0.05) is 18.8 Å². The average molecular weight is 318 g/mol. The Morgan fingerprint density at radius 3 is 2.91 bits per heavy atom. The molecule has 1 aliphatic rings. The molecular weight excluding hydrogens is 298 g/mol. The minimum Gasteiger partial charge on any atom is -0.308 e. The number of carbonyl (C=O) groups is 1. The molecule has 0 saturated heterocycles. The number of para-hydroxylation sites is 1. The summed E-state index contributed by atoms with van der Waals surface area (Å²) in [5.74, 6) is -0.0461. The SMILES string of the molecule is CCCCn1nc(C)c(C(=O)N2CCc3ccccc32)c1Cl. The maximum absolute atomic E-state index is 12.9. The summed E-state index contributed by atoms with van der Waals surface area (Å²) in [5.41, 5.74) is 3.44. The molecule has 4 nitrogen and oxygen atoms in total. The minimum absolute atomic E-state index is 0.0461. The Morgan fingerprint density at radius 1 is 1.36 bits per heavy atom. The van der Waals surface area contributed by atoms with Crippen LogP contribution in [0.4, 0.5) is 5.69 Å². The van der Waals surface area contributed by atoms with E-state index >= 15 is 0 Å². The second kappa shape index (κ2) is 6.13. The van der Waals surface area contributed by atoms with Gasteiger partial charge in [-0.15, -0.1) is 0 Å². The van der Waals surface area contributed by atoms with E-state index < -0.39 is 0 Å². The Morgan fingerprint density at radius 2 is 2.14 bits per heavy atom. The van der Waals surface area contributed by atoms with E-state index in [1.54, 1.807) is 4.68 Å². The standard InChI is InChI=1S/C17H20ClN3O/c1-3-4-10-21-16(18)15(12(2)19-21)17(22)20-11-9-13-7-5-6-8-14(13)20/h5-8H,3-4,9-11H2,1-2H3. The number of amides is 1. The molecule has 1 aromatic carbocycles. The van der Waals surface area contributed by atoms with Crippen LogP contribution >= 0.6 is 11.6 Å². The van der Waals surface area contributed by atoms with Crippen LogP contribution in [0.3, 0.4) is 0 Å². The zero-order chi connectivity index (χ0) is 15.7. The number of halogens is 1. The lowest BCUT2D eigenvalue weighted by molar-refractivity contribution is 0.0989. The van der Waals surface area contributed by atoms with Crippen molar-refractivity contribution in [3.63, 3.8) is 0 Å². The fourth-order valence-corrected chi connectivity index (χ4v) is 3.28. The number of fused-ring (bicyclic) bond motifs is 1. The van der Waals surface area contributed by atoms with Crippen LogP contribution in [0.5, 0.6) is 0 Å². The lowest BCUT2D eigenvalue weighted by Gasteiger charge is -2.17. The predicted molar refractivity (Wildman–Crippen MR) is 88.7 cm³/mol. The van der Waals surface area contributed by atoms with Gasteiger partial charge in [-0.1, -0.05) is 43.1 Å². The maximum atomic E-state index is 12.9. The van der Waals surface area contributed by atoms with Crippen LogP contribution in [-0.4, -0.2) is 22.2 Å². The highest BCUT2D eigenvalue weighted by Crippen LogP contribution is 2.31. The summed E-state index contributed by atoms with van der Waals surface area (Å²) >= 11 is 6.42. The van der Waals surface area contributed by atoms with Crippen LogP contribution in [0, 0.1) is 6.92 Å². The van der Waals surface area contributed by atoms with Crippen molar-refractivity contribution in [1.82, 2.24) is 9.78 Å². The van der Waals surface area contributed by atoms with E-state index in [4.69, 9.17) is 11.6 Å². The monoisotopic (exact) mass is 317 g/mol. The molecule has 2 aromatic rings. The van der Waals surface area contributed by atoms with Gasteiger partial charge in [-0.05, 0) is 31.4 Å². The van der Waals surface area contributed by atoms with Crippen molar-refractivity contribution in [3.8, 4) is 0 Å². The van der Waals surface area contributed by atoms with Crippen molar-refractivity contribution in [3.05, 3.63) is 46.2 Å². The van der Waals surface area contributed by atoms with Crippen molar-refractivity contribution < 1.29 is 4.79 Å². The molecule has 0 saturated carbocycles. The molecule has 0 atom stereocenters. The van der Waals surface area contributed by atoms with Crippen LogP contribution in [0.1, 0.15) is 41.4 Å². The smallest absolute Gasteiger partial charge is 0.263 e. The van der Waals surface area contributed by atoms with Gasteiger partial charge in [-0.2, -0.15) is 5.10 Å². The van der Waals surface area contributed by atoms with Crippen molar-refractivity contribution >= 4 is 23.2 Å². The molecule has 116 valence electrons. The lowest BCUT2D eigenvalue weighted by atomic mass is 10.2. The summed E-state index contributed by atoms with van der Waals surface area (Å²) in [6.45, 7) is 5.43. The van der Waals surface area contributed by atoms with Gasteiger partial charge in [0.05, 0.1) is 11.3 Å². The average Bonchev–Trinajstić information content (AvgIpc) is 3.06. The fourth-order valence-electron chi connectivity index (χ4n) is 2.94. The van der Waals surface area contributed by atoms with Crippen LogP contribution in [-0.2, 0) is 13.0 Å². The van der Waals surface area contributed by atoms with E-state index in [9.17, 15) is 4.79 Å². The first-order valence-corrected chi connectivity index (χ1v) is 8.14. The summed E-state index contributed by atoms with van der Waals surface area (Å²) < 4.78 is 1.75. The quantitative estimate of drug-likeness (QED) is 0.859. The molecule has 0 spiro atoms. The molecule has 5 heteroatoms. The number of carbonyl (C=O) groups excluding carboxylic acids is 1. The van der Waals surface area contributed by atoms with Crippen LogP contribution in [0.25, 0.3) is 0 Å². The van der Waals surface area contributed by atoms with Crippen LogP contribution in [0.15, 0.2) is 24.3 Å². The highest BCUT2D eigenvalue weighted by molar-refractivity contribution is 6.34. The van der Waals surface area contributed by atoms with Crippen LogP contribution < -0.4 is 4.90 Å². The fraction of sp³-hybridized carbons (Fsp3) is 0.412. The second-order valence-electron chi connectivity index (χ2n) is 5.66. The number of nitrogens with zero attached hydrogens (tertiary/aromatic N) is 3. The molecule has 1 amide bonds. The topological polar surface area (TPSA) is 38.1 Å². The Bertz CT molecular complexity index is 708. The Balaban J connectivity index is 1.92.